The van der Waals surface area contributed by atoms with Gasteiger partial charge in [-0.1, -0.05) is 41.9 Å². The number of aliphatic imine (C=N–C) groups is 1. The first-order valence-corrected chi connectivity index (χ1v) is 11.6. The van der Waals surface area contributed by atoms with Gasteiger partial charge in [-0.15, -0.1) is 0 Å². The number of rotatable bonds is 5. The standard InChI is InChI=1S/C27H28ClNO4/c1-15(2)33-23-8-6-5-7-20(23)25-24(27(31)32-4)16(3)29-21-13-18(14-22(30)26(21)25)17-9-11-19(28)12-10-17/h5-12,15,18,24-25H,13-14H2,1-4H3/t18-,24?,25+/m0/s1. The Bertz CT molecular complexity index is 1130. The zero-order valence-electron chi connectivity index (χ0n) is 19.3. The summed E-state index contributed by atoms with van der Waals surface area (Å²) in [4.78, 5) is 31.3. The van der Waals surface area contributed by atoms with Gasteiger partial charge < -0.3 is 9.47 Å². The molecule has 0 aromatic heterocycles. The van der Waals surface area contributed by atoms with Crippen molar-refractivity contribution in [1.82, 2.24) is 0 Å². The van der Waals surface area contributed by atoms with Crippen LogP contribution in [0, 0.1) is 5.92 Å². The van der Waals surface area contributed by atoms with Crippen molar-refractivity contribution < 1.29 is 19.1 Å². The maximum Gasteiger partial charge on any atom is 0.315 e. The van der Waals surface area contributed by atoms with Crippen molar-refractivity contribution in [2.24, 2.45) is 10.9 Å². The molecule has 0 N–H and O–H groups in total. The average Bonchev–Trinajstić information content (AvgIpc) is 2.78. The monoisotopic (exact) mass is 465 g/mol. The number of halogens is 1. The summed E-state index contributed by atoms with van der Waals surface area (Å²) in [5, 5.41) is 0.662. The molecule has 1 aliphatic heterocycles. The Hall–Kier alpha value is -2.92. The first-order valence-electron chi connectivity index (χ1n) is 11.2. The molecule has 33 heavy (non-hydrogen) atoms. The molecule has 6 heteroatoms. The predicted molar refractivity (Wildman–Crippen MR) is 129 cm³/mol. The van der Waals surface area contributed by atoms with Crippen molar-refractivity contribution in [2.45, 2.75) is 51.6 Å². The van der Waals surface area contributed by atoms with E-state index in [4.69, 9.17) is 26.1 Å². The number of benzene rings is 2. The number of nitrogens with zero attached hydrogens (tertiary/aromatic N) is 1. The summed E-state index contributed by atoms with van der Waals surface area (Å²) in [6.45, 7) is 5.74. The summed E-state index contributed by atoms with van der Waals surface area (Å²) in [6.07, 6.45) is 0.926. The minimum Gasteiger partial charge on any atom is -0.491 e. The lowest BCUT2D eigenvalue weighted by Crippen LogP contribution is -2.38. The minimum atomic E-state index is -0.679. The molecule has 0 bridgehead atoms. The lowest BCUT2D eigenvalue weighted by molar-refractivity contribution is -0.143. The van der Waals surface area contributed by atoms with E-state index in [1.807, 2.05) is 69.3 Å². The molecule has 5 nitrogen and oxygen atoms in total. The van der Waals surface area contributed by atoms with Crippen LogP contribution in [0.25, 0.3) is 0 Å². The van der Waals surface area contributed by atoms with E-state index in [1.165, 1.54) is 7.11 Å². The first-order chi connectivity index (χ1) is 15.8. The van der Waals surface area contributed by atoms with Crippen LogP contribution in [0.5, 0.6) is 5.75 Å². The highest BCUT2D eigenvalue weighted by Gasteiger charge is 2.45. The van der Waals surface area contributed by atoms with E-state index in [0.717, 1.165) is 16.8 Å². The molecule has 0 amide bonds. The number of hydrogen-bond acceptors (Lipinski definition) is 5. The summed E-state index contributed by atoms with van der Waals surface area (Å²) in [5.74, 6) is -0.895. The zero-order valence-corrected chi connectivity index (χ0v) is 20.1. The number of carbonyl (C=O) groups excluding carboxylic acids is 2. The Morgan fingerprint density at radius 1 is 1.09 bits per heavy atom. The van der Waals surface area contributed by atoms with Gasteiger partial charge in [0.05, 0.1) is 13.2 Å². The maximum atomic E-state index is 13.6. The average molecular weight is 466 g/mol. The van der Waals surface area contributed by atoms with Crippen LogP contribution in [0.4, 0.5) is 0 Å². The molecule has 2 aliphatic rings. The van der Waals surface area contributed by atoms with Gasteiger partial charge in [0.2, 0.25) is 0 Å². The van der Waals surface area contributed by atoms with E-state index in [1.54, 1.807) is 0 Å². The maximum absolute atomic E-state index is 13.6. The van der Waals surface area contributed by atoms with E-state index in [0.29, 0.717) is 34.9 Å². The Morgan fingerprint density at radius 2 is 1.79 bits per heavy atom. The molecular weight excluding hydrogens is 438 g/mol. The molecule has 1 heterocycles. The van der Waals surface area contributed by atoms with Crippen molar-refractivity contribution in [3.8, 4) is 5.75 Å². The number of methoxy groups -OCH3 is 1. The van der Waals surface area contributed by atoms with Crippen LogP contribution in [0.1, 0.15) is 56.6 Å². The van der Waals surface area contributed by atoms with Gasteiger partial charge in [-0.05, 0) is 56.9 Å². The van der Waals surface area contributed by atoms with E-state index in [-0.39, 0.29) is 17.8 Å². The van der Waals surface area contributed by atoms with E-state index < -0.39 is 17.8 Å². The normalized spacial score (nSPS) is 22.7. The molecule has 3 atom stereocenters. The van der Waals surface area contributed by atoms with Gasteiger partial charge in [0.15, 0.2) is 5.78 Å². The lowest BCUT2D eigenvalue weighted by atomic mass is 9.69. The fourth-order valence-electron chi connectivity index (χ4n) is 4.90. The van der Waals surface area contributed by atoms with E-state index in [9.17, 15) is 9.59 Å². The second-order valence-corrected chi connectivity index (χ2v) is 9.31. The molecule has 1 unspecified atom stereocenters. The van der Waals surface area contributed by atoms with Crippen molar-refractivity contribution in [1.29, 1.82) is 0 Å². The molecule has 0 fully saturated rings. The molecule has 2 aromatic carbocycles. The predicted octanol–water partition coefficient (Wildman–Crippen LogP) is 5.88. The third-order valence-corrected chi connectivity index (χ3v) is 6.55. The van der Waals surface area contributed by atoms with Gasteiger partial charge in [-0.3, -0.25) is 14.6 Å². The molecule has 1 aliphatic carbocycles. The van der Waals surface area contributed by atoms with Crippen LogP contribution in [0.2, 0.25) is 5.02 Å². The topological polar surface area (TPSA) is 65.0 Å². The fraction of sp³-hybridized carbons (Fsp3) is 0.370. The Balaban J connectivity index is 1.83. The highest BCUT2D eigenvalue weighted by Crippen LogP contribution is 2.48. The van der Waals surface area contributed by atoms with Gasteiger partial charge >= 0.3 is 5.97 Å². The van der Waals surface area contributed by atoms with Gasteiger partial charge in [0, 0.05) is 39.9 Å². The number of hydrogen-bond donors (Lipinski definition) is 0. The number of esters is 1. The summed E-state index contributed by atoms with van der Waals surface area (Å²) >= 11 is 6.05. The van der Waals surface area contributed by atoms with Crippen molar-refractivity contribution in [3.63, 3.8) is 0 Å². The van der Waals surface area contributed by atoms with Crippen LogP contribution in [-0.2, 0) is 14.3 Å². The minimum absolute atomic E-state index is 0.00528. The molecule has 0 spiro atoms. The van der Waals surface area contributed by atoms with Crippen LogP contribution in [-0.4, -0.2) is 30.7 Å². The Kier molecular flexibility index (Phi) is 6.71. The Labute approximate surface area is 199 Å². The largest absolute Gasteiger partial charge is 0.491 e. The SMILES string of the molecule is COC(=O)C1C(C)=NC2=C(C(=O)C[C@@H](c3ccc(Cl)cc3)C2)[C@@H]1c1ccccc1OC(C)C. The number of ketones is 1. The quantitative estimate of drug-likeness (QED) is 0.517. The van der Waals surface area contributed by atoms with Crippen molar-refractivity contribution >= 4 is 29.1 Å². The number of allylic oxidation sites excluding steroid dienone is 2. The highest BCUT2D eigenvalue weighted by molar-refractivity contribution is 6.30. The molecule has 4 rings (SSSR count). The van der Waals surface area contributed by atoms with Crippen molar-refractivity contribution in [2.75, 3.05) is 7.11 Å². The molecule has 0 saturated carbocycles. The van der Waals surface area contributed by atoms with Gasteiger partial charge in [0.25, 0.3) is 0 Å². The van der Waals surface area contributed by atoms with Crippen LogP contribution < -0.4 is 4.74 Å². The van der Waals surface area contributed by atoms with Crippen LogP contribution >= 0.6 is 11.6 Å². The fourth-order valence-corrected chi connectivity index (χ4v) is 5.02. The van der Waals surface area contributed by atoms with Gasteiger partial charge in [-0.25, -0.2) is 0 Å². The second-order valence-electron chi connectivity index (χ2n) is 8.88. The van der Waals surface area contributed by atoms with Crippen LogP contribution in [0.15, 0.2) is 64.8 Å². The third kappa shape index (κ3) is 4.60. The summed E-state index contributed by atoms with van der Waals surface area (Å²) in [6, 6.07) is 15.2. The summed E-state index contributed by atoms with van der Waals surface area (Å²) in [7, 11) is 1.37. The molecule has 0 saturated heterocycles. The van der Waals surface area contributed by atoms with E-state index in [2.05, 4.69) is 0 Å². The number of para-hydroxylation sites is 1. The first kappa shape index (κ1) is 23.2. The van der Waals surface area contributed by atoms with Crippen molar-refractivity contribution in [3.05, 3.63) is 76.0 Å². The lowest BCUT2D eigenvalue weighted by Gasteiger charge is -2.37. The van der Waals surface area contributed by atoms with Crippen LogP contribution in [0.3, 0.4) is 0 Å². The second kappa shape index (κ2) is 9.52. The summed E-state index contributed by atoms with van der Waals surface area (Å²) in [5.41, 5.74) is 3.85. The smallest absolute Gasteiger partial charge is 0.315 e. The molecule has 172 valence electrons. The molecule has 2 aromatic rings. The zero-order chi connectivity index (χ0) is 23.7. The van der Waals surface area contributed by atoms with Gasteiger partial charge in [0.1, 0.15) is 11.7 Å². The number of Topliss-reactive ketones (excluding diaryl/α,β-unsaturated/α-hetero) is 1. The molecular formula is C27H28ClNO4. The highest BCUT2D eigenvalue weighted by atomic mass is 35.5. The number of carbonyl (C=O) groups is 2. The van der Waals surface area contributed by atoms with Gasteiger partial charge in [-0.2, -0.15) is 0 Å². The Morgan fingerprint density at radius 3 is 2.45 bits per heavy atom. The summed E-state index contributed by atoms with van der Waals surface area (Å²) < 4.78 is 11.2. The van der Waals surface area contributed by atoms with E-state index >= 15 is 0 Å². The third-order valence-electron chi connectivity index (χ3n) is 6.30. The molecule has 0 radical (unpaired) electrons. The number of ether oxygens (including phenoxy) is 2.